The predicted molar refractivity (Wildman–Crippen MR) is 83.0 cm³/mol. The monoisotopic (exact) mass is 271 g/mol. The molecule has 2 aromatic rings. The van der Waals surface area contributed by atoms with Crippen LogP contribution in [0.5, 0.6) is 0 Å². The fourth-order valence-electron chi connectivity index (χ4n) is 3.02. The summed E-state index contributed by atoms with van der Waals surface area (Å²) in [4.78, 5) is 1.39. The van der Waals surface area contributed by atoms with E-state index >= 15 is 0 Å². The Kier molecular flexibility index (Phi) is 3.72. The molecule has 1 atom stereocenters. The molecule has 0 radical (unpaired) electrons. The van der Waals surface area contributed by atoms with Crippen molar-refractivity contribution in [3.63, 3.8) is 0 Å². The maximum atomic E-state index is 3.63. The molecule has 1 aromatic heterocycles. The lowest BCUT2D eigenvalue weighted by Crippen LogP contribution is -2.21. The zero-order valence-electron chi connectivity index (χ0n) is 11.7. The molecule has 1 nitrogen and oxygen atoms in total. The molecule has 1 aromatic carbocycles. The van der Waals surface area contributed by atoms with E-state index in [1.165, 1.54) is 35.3 Å². The molecule has 2 heteroatoms. The Morgan fingerprint density at radius 1 is 1.16 bits per heavy atom. The van der Waals surface area contributed by atoms with Crippen molar-refractivity contribution in [3.05, 3.63) is 56.8 Å². The van der Waals surface area contributed by atoms with Gasteiger partial charge in [-0.2, -0.15) is 0 Å². The molecule has 19 heavy (non-hydrogen) atoms. The topological polar surface area (TPSA) is 12.0 Å². The first kappa shape index (κ1) is 12.9. The molecule has 3 rings (SSSR count). The largest absolute Gasteiger partial charge is 0.307 e. The van der Waals surface area contributed by atoms with Crippen LogP contribution in [0.4, 0.5) is 0 Å². The second-order valence-electron chi connectivity index (χ2n) is 5.36. The number of nitrogens with one attached hydrogen (secondary N) is 1. The van der Waals surface area contributed by atoms with E-state index in [1.807, 2.05) is 11.3 Å². The first-order valence-electron chi connectivity index (χ1n) is 7.18. The number of benzene rings is 1. The number of hydrogen-bond acceptors (Lipinski definition) is 2. The normalized spacial score (nSPS) is 15.5. The highest BCUT2D eigenvalue weighted by Gasteiger charge is 2.17. The Labute approximate surface area is 119 Å². The van der Waals surface area contributed by atoms with Gasteiger partial charge in [0.05, 0.1) is 6.04 Å². The Morgan fingerprint density at radius 2 is 2.00 bits per heavy atom. The van der Waals surface area contributed by atoms with Crippen LogP contribution in [0.1, 0.15) is 46.5 Å². The van der Waals surface area contributed by atoms with E-state index in [0.717, 1.165) is 6.54 Å². The van der Waals surface area contributed by atoms with Crippen molar-refractivity contribution in [2.75, 3.05) is 6.54 Å². The van der Waals surface area contributed by atoms with E-state index in [1.54, 1.807) is 11.1 Å². The van der Waals surface area contributed by atoms with Gasteiger partial charge in [0.25, 0.3) is 0 Å². The lowest BCUT2D eigenvalue weighted by atomic mass is 9.97. The van der Waals surface area contributed by atoms with E-state index in [2.05, 4.69) is 48.8 Å². The SMILES string of the molecule is CCNC(c1csc(C)c1)c1ccc2c(c1)CCC2. The second kappa shape index (κ2) is 5.48. The lowest BCUT2D eigenvalue weighted by Gasteiger charge is -2.18. The third kappa shape index (κ3) is 2.60. The highest BCUT2D eigenvalue weighted by Crippen LogP contribution is 2.30. The maximum Gasteiger partial charge on any atom is 0.0585 e. The van der Waals surface area contributed by atoms with Gasteiger partial charge in [-0.15, -0.1) is 11.3 Å². The molecular formula is C17H21NS. The van der Waals surface area contributed by atoms with E-state index in [9.17, 15) is 0 Å². The minimum absolute atomic E-state index is 0.348. The first-order valence-corrected chi connectivity index (χ1v) is 8.06. The second-order valence-corrected chi connectivity index (χ2v) is 6.48. The van der Waals surface area contributed by atoms with Gasteiger partial charge in [-0.3, -0.25) is 0 Å². The van der Waals surface area contributed by atoms with Gasteiger partial charge >= 0.3 is 0 Å². The predicted octanol–water partition coefficient (Wildman–Crippen LogP) is 4.24. The average Bonchev–Trinajstić information content (AvgIpc) is 3.03. The van der Waals surface area contributed by atoms with Crippen molar-refractivity contribution in [1.82, 2.24) is 5.32 Å². The molecule has 0 bridgehead atoms. The molecule has 100 valence electrons. The molecule has 1 unspecified atom stereocenters. The van der Waals surface area contributed by atoms with Gasteiger partial charge in [0.1, 0.15) is 0 Å². The summed E-state index contributed by atoms with van der Waals surface area (Å²) in [5.41, 5.74) is 5.94. The van der Waals surface area contributed by atoms with Crippen molar-refractivity contribution >= 4 is 11.3 Å². The highest BCUT2D eigenvalue weighted by molar-refractivity contribution is 7.10. The van der Waals surface area contributed by atoms with Crippen LogP contribution in [0.15, 0.2) is 29.6 Å². The van der Waals surface area contributed by atoms with Crippen LogP contribution in [-0.4, -0.2) is 6.54 Å². The number of aryl methyl sites for hydroxylation is 3. The fraction of sp³-hybridized carbons (Fsp3) is 0.412. The Morgan fingerprint density at radius 3 is 2.74 bits per heavy atom. The Hall–Kier alpha value is -1.12. The zero-order valence-corrected chi connectivity index (χ0v) is 12.5. The Bertz CT molecular complexity index is 570. The van der Waals surface area contributed by atoms with Crippen molar-refractivity contribution < 1.29 is 0 Å². The number of thiophene rings is 1. The van der Waals surface area contributed by atoms with Gasteiger partial charge in [-0.1, -0.05) is 25.1 Å². The van der Waals surface area contributed by atoms with Crippen LogP contribution in [-0.2, 0) is 12.8 Å². The van der Waals surface area contributed by atoms with E-state index in [0.29, 0.717) is 6.04 Å². The van der Waals surface area contributed by atoms with E-state index in [4.69, 9.17) is 0 Å². The molecule has 0 aliphatic heterocycles. The lowest BCUT2D eigenvalue weighted by molar-refractivity contribution is 0.631. The van der Waals surface area contributed by atoms with Gasteiger partial charge in [0.15, 0.2) is 0 Å². The molecule has 0 saturated carbocycles. The summed E-state index contributed by atoms with van der Waals surface area (Å²) in [5.74, 6) is 0. The van der Waals surface area contributed by atoms with E-state index < -0.39 is 0 Å². The van der Waals surface area contributed by atoms with Gasteiger partial charge in [0.2, 0.25) is 0 Å². The zero-order chi connectivity index (χ0) is 13.2. The van der Waals surface area contributed by atoms with Crippen LogP contribution in [0, 0.1) is 6.92 Å². The first-order chi connectivity index (χ1) is 9.28. The quantitative estimate of drug-likeness (QED) is 0.877. The number of fused-ring (bicyclic) bond motifs is 1. The third-order valence-electron chi connectivity index (χ3n) is 3.95. The summed E-state index contributed by atoms with van der Waals surface area (Å²) >= 11 is 1.84. The average molecular weight is 271 g/mol. The van der Waals surface area contributed by atoms with Gasteiger partial charge in [0, 0.05) is 4.88 Å². The minimum Gasteiger partial charge on any atom is -0.307 e. The van der Waals surface area contributed by atoms with Crippen molar-refractivity contribution in [1.29, 1.82) is 0 Å². The number of hydrogen-bond donors (Lipinski definition) is 1. The number of rotatable bonds is 4. The molecule has 1 aliphatic rings. The smallest absolute Gasteiger partial charge is 0.0585 e. The van der Waals surface area contributed by atoms with Crippen LogP contribution in [0.2, 0.25) is 0 Å². The standard InChI is InChI=1S/C17H21NS/c1-3-18-17(16-9-12(2)19-11-16)15-8-7-13-5-4-6-14(13)10-15/h7-11,17-18H,3-6H2,1-2H3. The van der Waals surface area contributed by atoms with Crippen LogP contribution in [0.25, 0.3) is 0 Å². The van der Waals surface area contributed by atoms with Crippen LogP contribution < -0.4 is 5.32 Å². The minimum atomic E-state index is 0.348. The van der Waals surface area contributed by atoms with Gasteiger partial charge in [-0.05, 0) is 66.4 Å². The molecule has 1 heterocycles. The summed E-state index contributed by atoms with van der Waals surface area (Å²) in [6, 6.07) is 9.72. The Balaban J connectivity index is 1.95. The molecule has 0 saturated heterocycles. The van der Waals surface area contributed by atoms with Crippen molar-refractivity contribution in [2.45, 2.75) is 39.2 Å². The molecule has 0 amide bonds. The van der Waals surface area contributed by atoms with Crippen LogP contribution in [0.3, 0.4) is 0 Å². The summed E-state index contributed by atoms with van der Waals surface area (Å²) in [6.07, 6.45) is 3.84. The summed E-state index contributed by atoms with van der Waals surface area (Å²) in [7, 11) is 0. The summed E-state index contributed by atoms with van der Waals surface area (Å²) < 4.78 is 0. The molecule has 1 aliphatic carbocycles. The molecule has 0 spiro atoms. The maximum absolute atomic E-state index is 3.63. The summed E-state index contributed by atoms with van der Waals surface area (Å²) in [6.45, 7) is 5.36. The van der Waals surface area contributed by atoms with Crippen LogP contribution >= 0.6 is 11.3 Å². The third-order valence-corrected chi connectivity index (χ3v) is 4.83. The highest BCUT2D eigenvalue weighted by atomic mass is 32.1. The molecule has 0 fully saturated rings. The van der Waals surface area contributed by atoms with Gasteiger partial charge < -0.3 is 5.32 Å². The summed E-state index contributed by atoms with van der Waals surface area (Å²) in [5, 5.41) is 5.91. The fourth-order valence-corrected chi connectivity index (χ4v) is 3.75. The molecule has 1 N–H and O–H groups in total. The van der Waals surface area contributed by atoms with Crippen molar-refractivity contribution in [2.24, 2.45) is 0 Å². The molecular weight excluding hydrogens is 250 g/mol. The van der Waals surface area contributed by atoms with Gasteiger partial charge in [-0.25, -0.2) is 0 Å². The van der Waals surface area contributed by atoms with E-state index in [-0.39, 0.29) is 0 Å². The van der Waals surface area contributed by atoms with Crippen molar-refractivity contribution in [3.8, 4) is 0 Å².